The minimum Gasteiger partial charge on any atom is -0.382 e. The number of rotatable bonds is 27. The summed E-state index contributed by atoms with van der Waals surface area (Å²) in [5.41, 5.74) is 7.33. The molecule has 0 amide bonds. The third-order valence-electron chi connectivity index (χ3n) is 11.1. The van der Waals surface area contributed by atoms with E-state index in [0.717, 1.165) is 24.8 Å². The van der Waals surface area contributed by atoms with Gasteiger partial charge < -0.3 is 29.6 Å². The quantitative estimate of drug-likeness (QED) is 0.0550. The van der Waals surface area contributed by atoms with Crippen molar-refractivity contribution in [3.63, 3.8) is 0 Å². The van der Waals surface area contributed by atoms with Crippen LogP contribution < -0.4 is 5.73 Å². The van der Waals surface area contributed by atoms with E-state index < -0.39 is 43.6 Å². The molecule has 6 atom stereocenters. The Balaban J connectivity index is 1.10. The van der Waals surface area contributed by atoms with Crippen LogP contribution in [0.1, 0.15) is 160 Å². The van der Waals surface area contributed by atoms with Gasteiger partial charge in [0.15, 0.2) is 11.6 Å². The van der Waals surface area contributed by atoms with Crippen LogP contribution in [0.5, 0.6) is 0 Å². The van der Waals surface area contributed by atoms with Crippen LogP contribution in [0, 0.1) is 11.3 Å². The second-order valence-electron chi connectivity index (χ2n) is 16.6. The molecule has 2 fully saturated rings. The van der Waals surface area contributed by atoms with Crippen LogP contribution in [0.15, 0.2) is 36.7 Å². The number of phosphoric ester groups is 1. The van der Waals surface area contributed by atoms with Crippen molar-refractivity contribution in [2.24, 2.45) is 0 Å². The van der Waals surface area contributed by atoms with E-state index in [2.05, 4.69) is 23.1 Å². The van der Waals surface area contributed by atoms with E-state index in [9.17, 15) is 14.7 Å². The van der Waals surface area contributed by atoms with Gasteiger partial charge in [-0.1, -0.05) is 121 Å². The maximum atomic E-state index is 13.4. The molecule has 0 radical (unpaired) electrons. The molecule has 58 heavy (non-hydrogen) atoms. The fourth-order valence-corrected chi connectivity index (χ4v) is 9.12. The number of unbranched alkanes of at least 4 members (excludes halogenated alkanes) is 15. The van der Waals surface area contributed by atoms with E-state index in [1.807, 2.05) is 19.9 Å². The third-order valence-corrected chi connectivity index (χ3v) is 12.3. The highest BCUT2D eigenvalue weighted by Gasteiger charge is 2.62. The van der Waals surface area contributed by atoms with Gasteiger partial charge >= 0.3 is 7.82 Å². The highest BCUT2D eigenvalue weighted by Crippen LogP contribution is 2.52. The van der Waals surface area contributed by atoms with Crippen LogP contribution in [0.4, 0.5) is 5.82 Å². The van der Waals surface area contributed by atoms with E-state index in [1.165, 1.54) is 89.8 Å². The summed E-state index contributed by atoms with van der Waals surface area (Å²) in [6, 6.07) is 10.8. The number of aromatic nitrogens is 3. The molecule has 1 unspecified atom stereocenters. The molecule has 2 aliphatic rings. The lowest BCUT2D eigenvalue weighted by atomic mass is 9.97. The van der Waals surface area contributed by atoms with Crippen LogP contribution in [-0.4, -0.2) is 62.4 Å². The fraction of sp³-hybridized carbons (Fsp3) is 0.698. The van der Waals surface area contributed by atoms with Crippen LogP contribution in [0.25, 0.3) is 5.52 Å². The number of anilines is 1. The average Bonchev–Trinajstić information content (AvgIpc) is 3.85. The fourth-order valence-electron chi connectivity index (χ4n) is 8.01. The van der Waals surface area contributed by atoms with Gasteiger partial charge in [0.05, 0.1) is 43.3 Å². The number of nitrogens with two attached hydrogens (primary N) is 1. The summed E-state index contributed by atoms with van der Waals surface area (Å²) in [6.45, 7) is 7.32. The van der Waals surface area contributed by atoms with Gasteiger partial charge in [0.1, 0.15) is 35.8 Å². The first kappa shape index (κ1) is 46.4. The maximum Gasteiger partial charge on any atom is 0.472 e. The molecule has 15 heteroatoms. The topological polar surface area (TPSA) is 173 Å². The van der Waals surface area contributed by atoms with Crippen LogP contribution in [0.2, 0.25) is 5.02 Å². The lowest BCUT2D eigenvalue weighted by molar-refractivity contribution is -0.212. The van der Waals surface area contributed by atoms with Crippen LogP contribution in [0.3, 0.4) is 0 Å². The lowest BCUT2D eigenvalue weighted by Crippen LogP contribution is -2.44. The molecule has 5 rings (SSSR count). The normalized spacial score (nSPS) is 22.9. The highest BCUT2D eigenvalue weighted by atomic mass is 35.5. The van der Waals surface area contributed by atoms with Gasteiger partial charge in [-0.3, -0.25) is 9.05 Å². The molecule has 0 bridgehead atoms. The predicted octanol–water partition coefficient (Wildman–Crippen LogP) is 10.6. The minimum atomic E-state index is -4.59. The molecule has 0 spiro atoms. The molecule has 3 N–H and O–H groups in total. The first-order valence-corrected chi connectivity index (χ1v) is 23.2. The predicted molar refractivity (Wildman–Crippen MR) is 224 cm³/mol. The van der Waals surface area contributed by atoms with Gasteiger partial charge in [-0.2, -0.15) is 10.4 Å². The molecule has 2 saturated heterocycles. The largest absolute Gasteiger partial charge is 0.472 e. The zero-order chi connectivity index (χ0) is 41.6. The Morgan fingerprint density at radius 2 is 1.57 bits per heavy atom. The molecular formula is C43H65ClN5O8P. The number of ether oxygens (including phenoxy) is 4. The smallest absolute Gasteiger partial charge is 0.382 e. The van der Waals surface area contributed by atoms with Crippen LogP contribution >= 0.6 is 19.4 Å². The number of nitriles is 1. The summed E-state index contributed by atoms with van der Waals surface area (Å²) in [5, 5.41) is 14.2. The number of fused-ring (bicyclic) bond motifs is 2. The number of hydrogen-bond acceptors (Lipinski definition) is 11. The van der Waals surface area contributed by atoms with E-state index >= 15 is 0 Å². The minimum absolute atomic E-state index is 0.160. The summed E-state index contributed by atoms with van der Waals surface area (Å²) in [4.78, 5) is 15.0. The van der Waals surface area contributed by atoms with Gasteiger partial charge in [-0.25, -0.2) is 14.1 Å². The Hall–Kier alpha value is -2.63. The summed E-state index contributed by atoms with van der Waals surface area (Å²) in [5.74, 6) is -0.617. The van der Waals surface area contributed by atoms with Crippen LogP contribution in [-0.2, 0) is 39.2 Å². The van der Waals surface area contributed by atoms with Gasteiger partial charge in [-0.15, -0.1) is 0 Å². The second-order valence-corrected chi connectivity index (χ2v) is 18.5. The Labute approximate surface area is 349 Å². The molecule has 4 heterocycles. The van der Waals surface area contributed by atoms with Crippen molar-refractivity contribution in [2.75, 3.05) is 18.9 Å². The van der Waals surface area contributed by atoms with E-state index in [0.29, 0.717) is 34.0 Å². The third kappa shape index (κ3) is 13.7. The summed E-state index contributed by atoms with van der Waals surface area (Å²) in [7, 11) is -4.59. The van der Waals surface area contributed by atoms with Gasteiger partial charge in [0.2, 0.25) is 0 Å². The molecule has 0 aliphatic carbocycles. The van der Waals surface area contributed by atoms with E-state index in [4.69, 9.17) is 45.3 Å². The van der Waals surface area contributed by atoms with Crippen molar-refractivity contribution >= 4 is 30.8 Å². The number of phosphoric acid groups is 1. The molecule has 322 valence electrons. The van der Waals surface area contributed by atoms with Gasteiger partial charge in [-0.05, 0) is 63.1 Å². The maximum absolute atomic E-state index is 13.4. The Morgan fingerprint density at radius 1 is 0.931 bits per heavy atom. The zero-order valence-electron chi connectivity index (χ0n) is 34.9. The molecule has 3 aromatic rings. The summed E-state index contributed by atoms with van der Waals surface area (Å²) >= 11 is 6.24. The molecule has 13 nitrogen and oxygen atoms in total. The van der Waals surface area contributed by atoms with Crippen molar-refractivity contribution in [3.8, 4) is 6.07 Å². The number of nitrogens with zero attached hydrogens (tertiary/aromatic N) is 4. The van der Waals surface area contributed by atoms with E-state index in [1.54, 1.807) is 35.7 Å². The SMILES string of the molecule is CCCCCCCCCCCCCCCCCC[C@H](COP(=O)(O)OC[C@@]1(C)O[C@@H](c2ccc3c(N)ncnn23)[C@@H]2OC(C)(C)O[C@@H]21)OCc1cc(Cl)cc(C#N)c1. The number of benzene rings is 1. The van der Waals surface area contributed by atoms with Crippen molar-refractivity contribution in [3.05, 3.63) is 58.5 Å². The number of nitrogen functional groups attached to an aromatic ring is 1. The summed E-state index contributed by atoms with van der Waals surface area (Å²) < 4.78 is 51.6. The first-order chi connectivity index (χ1) is 27.8. The molecule has 2 aromatic heterocycles. The molecular weight excluding hydrogens is 781 g/mol. The Bertz CT molecular complexity index is 1820. The van der Waals surface area contributed by atoms with E-state index in [-0.39, 0.29) is 19.8 Å². The monoisotopic (exact) mass is 845 g/mol. The molecule has 2 aliphatic heterocycles. The average molecular weight is 846 g/mol. The highest BCUT2D eigenvalue weighted by molar-refractivity contribution is 7.47. The zero-order valence-corrected chi connectivity index (χ0v) is 36.6. The number of halogens is 1. The van der Waals surface area contributed by atoms with Crippen molar-refractivity contribution in [2.45, 2.75) is 179 Å². The molecule has 1 aromatic carbocycles. The van der Waals surface area contributed by atoms with Crippen molar-refractivity contribution < 1.29 is 37.5 Å². The first-order valence-electron chi connectivity index (χ1n) is 21.4. The van der Waals surface area contributed by atoms with Gasteiger partial charge in [0.25, 0.3) is 0 Å². The summed E-state index contributed by atoms with van der Waals surface area (Å²) in [6.07, 6.45) is 19.9. The number of hydrogen-bond donors (Lipinski definition) is 2. The second kappa shape index (κ2) is 22.3. The van der Waals surface area contributed by atoms with Gasteiger partial charge in [0, 0.05) is 5.02 Å². The standard InChI is InChI=1S/C43H65ClN5O8P/c1-5-6-7-8-9-10-11-12-13-14-15-16-17-18-19-20-21-35(52-28-33-24-32(27-45)25-34(44)26-33)29-53-58(50,51)54-30-43(4)40-39(55-42(2,3)57-40)38(56-43)36-22-23-37-41(46)47-31-48-49(36)37/h22-26,31,35,38-40H,5-21,28-30H2,1-4H3,(H,50,51)(H2,46,47,48)/t35-,38+,39+,40+,43-/m1/s1. The Morgan fingerprint density at radius 3 is 2.21 bits per heavy atom. The lowest BCUT2D eigenvalue weighted by Gasteiger charge is -2.31. The Kier molecular flexibility index (Phi) is 17.8. The molecule has 0 saturated carbocycles. The van der Waals surface area contributed by atoms with Crippen molar-refractivity contribution in [1.29, 1.82) is 5.26 Å². The van der Waals surface area contributed by atoms with Crippen molar-refractivity contribution in [1.82, 2.24) is 14.6 Å².